The van der Waals surface area contributed by atoms with Gasteiger partial charge in [0.05, 0.1) is 16.6 Å². The Labute approximate surface area is 183 Å². The topological polar surface area (TPSA) is 84.5 Å². The summed E-state index contributed by atoms with van der Waals surface area (Å²) < 4.78 is 33.5. The van der Waals surface area contributed by atoms with Gasteiger partial charge in [0.2, 0.25) is 0 Å². The molecular formula is C24H26N2O4S. The average molecular weight is 439 g/mol. The summed E-state index contributed by atoms with van der Waals surface area (Å²) in [7, 11) is -3.71. The van der Waals surface area contributed by atoms with Crippen molar-refractivity contribution in [3.8, 4) is 5.75 Å². The lowest BCUT2D eigenvalue weighted by Crippen LogP contribution is -2.36. The van der Waals surface area contributed by atoms with Crippen LogP contribution in [-0.4, -0.2) is 27.0 Å². The summed E-state index contributed by atoms with van der Waals surface area (Å²) in [5, 5.41) is 2.89. The lowest BCUT2D eigenvalue weighted by Gasteiger charge is -2.16. The van der Waals surface area contributed by atoms with Gasteiger partial charge in [0.25, 0.3) is 15.9 Å². The number of hydrogen-bond acceptors (Lipinski definition) is 4. The van der Waals surface area contributed by atoms with E-state index in [0.29, 0.717) is 23.4 Å². The number of aryl methyl sites for hydroxylation is 2. The second-order valence-corrected chi connectivity index (χ2v) is 9.13. The van der Waals surface area contributed by atoms with E-state index in [1.807, 2.05) is 44.2 Å². The molecule has 0 fully saturated rings. The summed E-state index contributed by atoms with van der Waals surface area (Å²) >= 11 is 0. The van der Waals surface area contributed by atoms with Crippen molar-refractivity contribution < 1.29 is 17.9 Å². The van der Waals surface area contributed by atoms with Gasteiger partial charge in [-0.05, 0) is 68.8 Å². The summed E-state index contributed by atoms with van der Waals surface area (Å²) in [5.41, 5.74) is 2.50. The van der Waals surface area contributed by atoms with Crippen molar-refractivity contribution in [2.24, 2.45) is 0 Å². The van der Waals surface area contributed by atoms with Gasteiger partial charge in [0, 0.05) is 5.56 Å². The second-order valence-electron chi connectivity index (χ2n) is 7.45. The van der Waals surface area contributed by atoms with Crippen molar-refractivity contribution in [1.29, 1.82) is 0 Å². The van der Waals surface area contributed by atoms with E-state index < -0.39 is 10.0 Å². The van der Waals surface area contributed by atoms with E-state index >= 15 is 0 Å². The van der Waals surface area contributed by atoms with Crippen LogP contribution >= 0.6 is 0 Å². The lowest BCUT2D eigenvalue weighted by atomic mass is 10.1. The number of carbonyl (C=O) groups excluding carboxylic acids is 1. The minimum Gasteiger partial charge on any atom is -0.491 e. The Morgan fingerprint density at radius 3 is 2.29 bits per heavy atom. The quantitative estimate of drug-likeness (QED) is 0.549. The van der Waals surface area contributed by atoms with Crippen molar-refractivity contribution in [1.82, 2.24) is 5.32 Å². The standard InChI is InChI=1S/C24H26N2O4S/c1-17-9-12-22(13-10-17)31(28,29)26-23-14-11-20(15-18(23)2)24(27)25-19(3)16-30-21-7-5-4-6-8-21/h4-15,19,26H,16H2,1-3H3,(H,25,27). The highest BCUT2D eigenvalue weighted by Gasteiger charge is 2.17. The van der Waals surface area contributed by atoms with Crippen LogP contribution in [0.1, 0.15) is 28.4 Å². The van der Waals surface area contributed by atoms with E-state index in [1.54, 1.807) is 49.4 Å². The first-order valence-electron chi connectivity index (χ1n) is 9.93. The number of benzene rings is 3. The van der Waals surface area contributed by atoms with Gasteiger partial charge < -0.3 is 10.1 Å². The Bertz CT molecular complexity index is 1140. The molecule has 0 aliphatic rings. The van der Waals surface area contributed by atoms with E-state index in [9.17, 15) is 13.2 Å². The van der Waals surface area contributed by atoms with E-state index in [0.717, 1.165) is 11.3 Å². The van der Waals surface area contributed by atoms with Crippen LogP contribution in [0.3, 0.4) is 0 Å². The molecule has 3 rings (SSSR count). The molecular weight excluding hydrogens is 412 g/mol. The molecule has 0 aromatic heterocycles. The molecule has 0 aliphatic carbocycles. The van der Waals surface area contributed by atoms with E-state index in [4.69, 9.17) is 4.74 Å². The normalized spacial score (nSPS) is 12.1. The zero-order valence-corrected chi connectivity index (χ0v) is 18.6. The predicted molar refractivity (Wildman–Crippen MR) is 122 cm³/mol. The minimum atomic E-state index is -3.71. The molecule has 1 amide bonds. The third kappa shape index (κ3) is 6.08. The maximum atomic E-state index is 12.6. The van der Waals surface area contributed by atoms with E-state index in [1.165, 1.54) is 0 Å². The molecule has 0 bridgehead atoms. The van der Waals surface area contributed by atoms with E-state index in [2.05, 4.69) is 10.0 Å². The number of sulfonamides is 1. The summed E-state index contributed by atoms with van der Waals surface area (Å²) in [6.07, 6.45) is 0. The first-order valence-corrected chi connectivity index (χ1v) is 11.4. The maximum absolute atomic E-state index is 12.6. The minimum absolute atomic E-state index is 0.187. The van der Waals surface area contributed by atoms with Gasteiger partial charge >= 0.3 is 0 Å². The van der Waals surface area contributed by atoms with Gasteiger partial charge in [-0.1, -0.05) is 35.9 Å². The van der Waals surface area contributed by atoms with Crippen LogP contribution in [0.25, 0.3) is 0 Å². The molecule has 31 heavy (non-hydrogen) atoms. The number of carbonyl (C=O) groups is 1. The fourth-order valence-electron chi connectivity index (χ4n) is 2.93. The fraction of sp³-hybridized carbons (Fsp3) is 0.208. The van der Waals surface area contributed by atoms with Crippen LogP contribution in [0.15, 0.2) is 77.7 Å². The van der Waals surface area contributed by atoms with Gasteiger partial charge in [-0.15, -0.1) is 0 Å². The number of ether oxygens (including phenoxy) is 1. The Morgan fingerprint density at radius 1 is 0.968 bits per heavy atom. The second kappa shape index (κ2) is 9.66. The van der Waals surface area contributed by atoms with Gasteiger partial charge in [0.15, 0.2) is 0 Å². The van der Waals surface area contributed by atoms with E-state index in [-0.39, 0.29) is 16.8 Å². The lowest BCUT2D eigenvalue weighted by molar-refractivity contribution is 0.0926. The number of para-hydroxylation sites is 1. The Hall–Kier alpha value is -3.32. The van der Waals surface area contributed by atoms with Gasteiger partial charge in [-0.3, -0.25) is 9.52 Å². The molecule has 6 nitrogen and oxygen atoms in total. The van der Waals surface area contributed by atoms with Crippen LogP contribution in [0.4, 0.5) is 5.69 Å². The zero-order chi connectivity index (χ0) is 22.4. The van der Waals surface area contributed by atoms with Crippen molar-refractivity contribution in [2.75, 3.05) is 11.3 Å². The molecule has 1 unspecified atom stereocenters. The summed E-state index contributed by atoms with van der Waals surface area (Å²) in [6.45, 7) is 5.85. The highest BCUT2D eigenvalue weighted by atomic mass is 32.2. The Kier molecular flexibility index (Phi) is 6.97. The van der Waals surface area contributed by atoms with Crippen molar-refractivity contribution in [3.63, 3.8) is 0 Å². The molecule has 0 spiro atoms. The molecule has 3 aromatic carbocycles. The van der Waals surface area contributed by atoms with Crippen LogP contribution in [0, 0.1) is 13.8 Å². The third-order valence-electron chi connectivity index (χ3n) is 4.68. The van der Waals surface area contributed by atoms with Crippen LogP contribution in [0.5, 0.6) is 5.75 Å². The van der Waals surface area contributed by atoms with Crippen molar-refractivity contribution in [3.05, 3.63) is 89.5 Å². The molecule has 2 N–H and O–H groups in total. The number of anilines is 1. The molecule has 0 radical (unpaired) electrons. The number of rotatable bonds is 8. The smallest absolute Gasteiger partial charge is 0.261 e. The Morgan fingerprint density at radius 2 is 1.65 bits per heavy atom. The molecule has 1 atom stereocenters. The summed E-state index contributed by atoms with van der Waals surface area (Å²) in [4.78, 5) is 12.7. The molecule has 0 heterocycles. The molecule has 0 aliphatic heterocycles. The molecule has 3 aromatic rings. The largest absolute Gasteiger partial charge is 0.491 e. The van der Waals surface area contributed by atoms with Crippen LogP contribution < -0.4 is 14.8 Å². The summed E-state index contributed by atoms with van der Waals surface area (Å²) in [6, 6.07) is 20.7. The highest BCUT2D eigenvalue weighted by molar-refractivity contribution is 7.92. The van der Waals surface area contributed by atoms with Crippen molar-refractivity contribution >= 4 is 21.6 Å². The molecule has 0 saturated heterocycles. The van der Waals surface area contributed by atoms with Gasteiger partial charge in [-0.2, -0.15) is 0 Å². The molecule has 0 saturated carbocycles. The number of amides is 1. The fourth-order valence-corrected chi connectivity index (χ4v) is 4.06. The predicted octanol–water partition coefficient (Wildman–Crippen LogP) is 4.30. The third-order valence-corrected chi connectivity index (χ3v) is 6.07. The summed E-state index contributed by atoms with van der Waals surface area (Å²) in [5.74, 6) is 0.491. The maximum Gasteiger partial charge on any atom is 0.261 e. The zero-order valence-electron chi connectivity index (χ0n) is 17.8. The molecule has 162 valence electrons. The first kappa shape index (κ1) is 22.4. The SMILES string of the molecule is Cc1ccc(S(=O)(=O)Nc2ccc(C(=O)NC(C)COc3ccccc3)cc2C)cc1. The van der Waals surface area contributed by atoms with Gasteiger partial charge in [0.1, 0.15) is 12.4 Å². The highest BCUT2D eigenvalue weighted by Crippen LogP contribution is 2.21. The number of hydrogen-bond donors (Lipinski definition) is 2. The number of nitrogens with one attached hydrogen (secondary N) is 2. The molecule has 7 heteroatoms. The monoisotopic (exact) mass is 438 g/mol. The Balaban J connectivity index is 1.63. The average Bonchev–Trinajstić information content (AvgIpc) is 2.74. The van der Waals surface area contributed by atoms with Crippen LogP contribution in [-0.2, 0) is 10.0 Å². The van der Waals surface area contributed by atoms with Crippen LogP contribution in [0.2, 0.25) is 0 Å². The van der Waals surface area contributed by atoms with Gasteiger partial charge in [-0.25, -0.2) is 8.42 Å². The van der Waals surface area contributed by atoms with Crippen molar-refractivity contribution in [2.45, 2.75) is 31.7 Å². The first-order chi connectivity index (χ1) is 14.7.